The van der Waals surface area contributed by atoms with E-state index in [0.717, 1.165) is 13.1 Å². The summed E-state index contributed by atoms with van der Waals surface area (Å²) in [5.74, 6) is 0.596. The molecule has 0 heterocycles. The molecule has 0 atom stereocenters. The summed E-state index contributed by atoms with van der Waals surface area (Å²) in [7, 11) is 0. The van der Waals surface area contributed by atoms with Crippen molar-refractivity contribution in [3.63, 3.8) is 0 Å². The SMILES string of the molecule is CCCNCc1ccc(Sc2ccc(C(C)C)cc2)cc1. The van der Waals surface area contributed by atoms with Gasteiger partial charge in [0.2, 0.25) is 0 Å². The summed E-state index contributed by atoms with van der Waals surface area (Å²) in [6, 6.07) is 17.8. The maximum atomic E-state index is 3.43. The minimum Gasteiger partial charge on any atom is -0.313 e. The van der Waals surface area contributed by atoms with E-state index in [1.165, 1.54) is 27.3 Å². The van der Waals surface area contributed by atoms with Gasteiger partial charge in [0.25, 0.3) is 0 Å². The van der Waals surface area contributed by atoms with Gasteiger partial charge in [-0.05, 0) is 54.3 Å². The van der Waals surface area contributed by atoms with Crippen molar-refractivity contribution in [1.82, 2.24) is 5.32 Å². The van der Waals surface area contributed by atoms with E-state index in [1.54, 1.807) is 0 Å². The van der Waals surface area contributed by atoms with Gasteiger partial charge in [0.1, 0.15) is 0 Å². The number of hydrogen-bond acceptors (Lipinski definition) is 2. The smallest absolute Gasteiger partial charge is 0.0205 e. The van der Waals surface area contributed by atoms with E-state index in [2.05, 4.69) is 74.6 Å². The molecular formula is C19H25NS. The summed E-state index contributed by atoms with van der Waals surface area (Å²) < 4.78 is 0. The Morgan fingerprint density at radius 3 is 2.00 bits per heavy atom. The van der Waals surface area contributed by atoms with E-state index >= 15 is 0 Å². The highest BCUT2D eigenvalue weighted by Gasteiger charge is 2.01. The van der Waals surface area contributed by atoms with Crippen molar-refractivity contribution in [2.75, 3.05) is 6.54 Å². The zero-order chi connectivity index (χ0) is 15.1. The van der Waals surface area contributed by atoms with Crippen LogP contribution in [-0.4, -0.2) is 6.54 Å². The van der Waals surface area contributed by atoms with Gasteiger partial charge in [-0.15, -0.1) is 0 Å². The molecule has 0 fully saturated rings. The molecule has 0 unspecified atom stereocenters. The zero-order valence-electron chi connectivity index (χ0n) is 13.2. The van der Waals surface area contributed by atoms with Crippen molar-refractivity contribution in [3.8, 4) is 0 Å². The summed E-state index contributed by atoms with van der Waals surface area (Å²) in [5.41, 5.74) is 2.75. The summed E-state index contributed by atoms with van der Waals surface area (Å²) >= 11 is 1.82. The predicted octanol–water partition coefficient (Wildman–Crippen LogP) is 5.46. The monoisotopic (exact) mass is 299 g/mol. The molecule has 0 saturated heterocycles. The highest BCUT2D eigenvalue weighted by atomic mass is 32.2. The van der Waals surface area contributed by atoms with Crippen molar-refractivity contribution < 1.29 is 0 Å². The van der Waals surface area contributed by atoms with Crippen LogP contribution in [-0.2, 0) is 6.54 Å². The number of rotatable bonds is 7. The maximum absolute atomic E-state index is 3.43. The fourth-order valence-electron chi connectivity index (χ4n) is 2.14. The van der Waals surface area contributed by atoms with Crippen LogP contribution in [0.25, 0.3) is 0 Å². The molecule has 0 bridgehead atoms. The minimum absolute atomic E-state index is 0.596. The normalized spacial score (nSPS) is 11.0. The first-order chi connectivity index (χ1) is 10.2. The van der Waals surface area contributed by atoms with Gasteiger partial charge in [-0.2, -0.15) is 0 Å². The van der Waals surface area contributed by atoms with Crippen LogP contribution in [0.1, 0.15) is 44.2 Å². The average Bonchev–Trinajstić information content (AvgIpc) is 2.50. The molecule has 0 saturated carbocycles. The average molecular weight is 299 g/mol. The van der Waals surface area contributed by atoms with E-state index in [4.69, 9.17) is 0 Å². The van der Waals surface area contributed by atoms with Gasteiger partial charge < -0.3 is 5.32 Å². The fourth-order valence-corrected chi connectivity index (χ4v) is 2.96. The molecule has 2 rings (SSSR count). The standard InChI is InChI=1S/C19H25NS/c1-4-13-20-14-16-5-9-18(10-6-16)21-19-11-7-17(8-12-19)15(2)3/h5-12,15,20H,4,13-14H2,1-3H3. The van der Waals surface area contributed by atoms with Crippen molar-refractivity contribution in [3.05, 3.63) is 59.7 Å². The molecule has 0 aliphatic heterocycles. The van der Waals surface area contributed by atoms with Crippen LogP contribution < -0.4 is 5.32 Å². The third-order valence-electron chi connectivity index (χ3n) is 3.46. The molecule has 0 aliphatic carbocycles. The molecule has 1 N–H and O–H groups in total. The lowest BCUT2D eigenvalue weighted by Crippen LogP contribution is -2.13. The van der Waals surface area contributed by atoms with Gasteiger partial charge in [-0.25, -0.2) is 0 Å². The zero-order valence-corrected chi connectivity index (χ0v) is 14.0. The van der Waals surface area contributed by atoms with Crippen LogP contribution in [0.4, 0.5) is 0 Å². The molecule has 0 aliphatic rings. The summed E-state index contributed by atoms with van der Waals surface area (Å²) in [6.07, 6.45) is 1.18. The molecule has 0 amide bonds. The molecule has 112 valence electrons. The molecule has 21 heavy (non-hydrogen) atoms. The topological polar surface area (TPSA) is 12.0 Å². The lowest BCUT2D eigenvalue weighted by Gasteiger charge is -2.08. The Hall–Kier alpha value is -1.25. The number of nitrogens with one attached hydrogen (secondary N) is 1. The Bertz CT molecular complexity index is 528. The van der Waals surface area contributed by atoms with Gasteiger partial charge >= 0.3 is 0 Å². The Labute approximate surface area is 133 Å². The second-order valence-corrected chi connectivity index (χ2v) is 6.79. The Kier molecular flexibility index (Phi) is 6.34. The van der Waals surface area contributed by atoms with Crippen LogP contribution in [0.15, 0.2) is 58.3 Å². The lowest BCUT2D eigenvalue weighted by molar-refractivity contribution is 0.675. The van der Waals surface area contributed by atoms with Crippen LogP contribution in [0.3, 0.4) is 0 Å². The predicted molar refractivity (Wildman–Crippen MR) is 93.1 cm³/mol. The van der Waals surface area contributed by atoms with Crippen LogP contribution >= 0.6 is 11.8 Å². The van der Waals surface area contributed by atoms with Gasteiger partial charge in [0.05, 0.1) is 0 Å². The van der Waals surface area contributed by atoms with E-state index in [9.17, 15) is 0 Å². The van der Waals surface area contributed by atoms with Crippen molar-refractivity contribution in [2.45, 2.75) is 49.4 Å². The van der Waals surface area contributed by atoms with Gasteiger partial charge in [0, 0.05) is 16.3 Å². The first kappa shape index (κ1) is 16.1. The van der Waals surface area contributed by atoms with Crippen molar-refractivity contribution >= 4 is 11.8 Å². The summed E-state index contributed by atoms with van der Waals surface area (Å²) in [6.45, 7) is 8.69. The fraction of sp³-hybridized carbons (Fsp3) is 0.368. The third-order valence-corrected chi connectivity index (χ3v) is 4.48. The lowest BCUT2D eigenvalue weighted by atomic mass is 10.0. The summed E-state index contributed by atoms with van der Waals surface area (Å²) in [4.78, 5) is 2.60. The quantitative estimate of drug-likeness (QED) is 0.681. The molecule has 0 aromatic heterocycles. The van der Waals surface area contributed by atoms with Gasteiger partial charge in [-0.1, -0.05) is 56.8 Å². The first-order valence-corrected chi connectivity index (χ1v) is 8.58. The van der Waals surface area contributed by atoms with E-state index < -0.39 is 0 Å². The Balaban J connectivity index is 1.93. The van der Waals surface area contributed by atoms with Crippen molar-refractivity contribution in [1.29, 1.82) is 0 Å². The first-order valence-electron chi connectivity index (χ1n) is 7.76. The molecule has 0 spiro atoms. The second kappa shape index (κ2) is 8.26. The number of benzene rings is 2. The maximum Gasteiger partial charge on any atom is 0.0205 e. The summed E-state index contributed by atoms with van der Waals surface area (Å²) in [5, 5.41) is 3.43. The minimum atomic E-state index is 0.596. The molecule has 1 nitrogen and oxygen atoms in total. The van der Waals surface area contributed by atoms with Crippen LogP contribution in [0.5, 0.6) is 0 Å². The van der Waals surface area contributed by atoms with Gasteiger partial charge in [-0.3, -0.25) is 0 Å². The van der Waals surface area contributed by atoms with E-state index in [1.807, 2.05) is 11.8 Å². The Morgan fingerprint density at radius 1 is 0.905 bits per heavy atom. The van der Waals surface area contributed by atoms with Crippen LogP contribution in [0.2, 0.25) is 0 Å². The molecule has 2 aromatic rings. The van der Waals surface area contributed by atoms with Gasteiger partial charge in [0.15, 0.2) is 0 Å². The highest BCUT2D eigenvalue weighted by Crippen LogP contribution is 2.29. The molecule has 2 heteroatoms. The second-order valence-electron chi connectivity index (χ2n) is 5.65. The van der Waals surface area contributed by atoms with E-state index in [-0.39, 0.29) is 0 Å². The highest BCUT2D eigenvalue weighted by molar-refractivity contribution is 7.99. The molecular weight excluding hydrogens is 274 g/mol. The Morgan fingerprint density at radius 2 is 1.48 bits per heavy atom. The van der Waals surface area contributed by atoms with Crippen LogP contribution in [0, 0.1) is 0 Å². The van der Waals surface area contributed by atoms with Crippen molar-refractivity contribution in [2.24, 2.45) is 0 Å². The molecule has 2 aromatic carbocycles. The largest absolute Gasteiger partial charge is 0.313 e. The number of hydrogen-bond donors (Lipinski definition) is 1. The molecule has 0 radical (unpaired) electrons. The van der Waals surface area contributed by atoms with E-state index in [0.29, 0.717) is 5.92 Å². The third kappa shape index (κ3) is 5.22.